The van der Waals surface area contributed by atoms with Crippen LogP contribution in [0.15, 0.2) is 36.5 Å². The first-order chi connectivity index (χ1) is 8.20. The molecule has 0 spiro atoms. The van der Waals surface area contributed by atoms with Gasteiger partial charge in [0, 0.05) is 18.3 Å². The number of ether oxygens (including phenoxy) is 1. The Labute approximate surface area is 95.9 Å². The largest absolute Gasteiger partial charge is 0.438 e. The van der Waals surface area contributed by atoms with E-state index in [9.17, 15) is 8.78 Å². The molecule has 0 unspecified atom stereocenters. The van der Waals surface area contributed by atoms with Crippen molar-refractivity contribution in [1.82, 2.24) is 4.98 Å². The molecule has 17 heavy (non-hydrogen) atoms. The second-order valence-corrected chi connectivity index (χ2v) is 3.14. The van der Waals surface area contributed by atoms with Crippen LogP contribution in [-0.4, -0.2) is 4.98 Å². The SMILES string of the molecule is N#Cc1cc(F)c(F)cc1Oc1ccccn1. The Balaban J connectivity index is 2.40. The summed E-state index contributed by atoms with van der Waals surface area (Å²) in [6, 6.07) is 8.23. The molecule has 1 aromatic heterocycles. The number of hydrogen-bond acceptors (Lipinski definition) is 3. The van der Waals surface area contributed by atoms with Gasteiger partial charge in [-0.1, -0.05) is 6.07 Å². The lowest BCUT2D eigenvalue weighted by atomic mass is 10.2. The van der Waals surface area contributed by atoms with E-state index in [1.165, 1.54) is 6.20 Å². The van der Waals surface area contributed by atoms with Crippen molar-refractivity contribution in [3.63, 3.8) is 0 Å². The lowest BCUT2D eigenvalue weighted by Gasteiger charge is -2.06. The third-order valence-corrected chi connectivity index (χ3v) is 2.00. The van der Waals surface area contributed by atoms with Crippen LogP contribution in [-0.2, 0) is 0 Å². The Kier molecular flexibility index (Phi) is 2.97. The van der Waals surface area contributed by atoms with Crippen LogP contribution in [0.25, 0.3) is 0 Å². The van der Waals surface area contributed by atoms with E-state index < -0.39 is 11.6 Å². The molecule has 0 aliphatic carbocycles. The Morgan fingerprint density at radius 3 is 2.59 bits per heavy atom. The quantitative estimate of drug-likeness (QED) is 0.799. The maximum atomic E-state index is 13.0. The minimum absolute atomic E-state index is 0.0647. The summed E-state index contributed by atoms with van der Waals surface area (Å²) in [6.45, 7) is 0. The van der Waals surface area contributed by atoms with E-state index in [-0.39, 0.29) is 17.2 Å². The maximum absolute atomic E-state index is 13.0. The average molecular weight is 232 g/mol. The van der Waals surface area contributed by atoms with Gasteiger partial charge in [-0.25, -0.2) is 13.8 Å². The van der Waals surface area contributed by atoms with Crippen molar-refractivity contribution in [2.75, 3.05) is 0 Å². The first-order valence-electron chi connectivity index (χ1n) is 4.69. The number of aromatic nitrogens is 1. The summed E-state index contributed by atoms with van der Waals surface area (Å²) >= 11 is 0. The molecule has 0 N–H and O–H groups in total. The molecule has 0 amide bonds. The summed E-state index contributed by atoms with van der Waals surface area (Å²) in [4.78, 5) is 3.85. The topological polar surface area (TPSA) is 45.9 Å². The van der Waals surface area contributed by atoms with E-state index >= 15 is 0 Å². The van der Waals surface area contributed by atoms with Crippen LogP contribution in [0.5, 0.6) is 11.6 Å². The number of benzene rings is 1. The molecule has 2 rings (SSSR count). The number of nitrogens with zero attached hydrogens (tertiary/aromatic N) is 2. The molecule has 2 aromatic rings. The normalized spacial score (nSPS) is 9.71. The smallest absolute Gasteiger partial charge is 0.219 e. The van der Waals surface area contributed by atoms with Gasteiger partial charge in [0.2, 0.25) is 5.88 Å². The Morgan fingerprint density at radius 1 is 1.18 bits per heavy atom. The minimum atomic E-state index is -1.09. The maximum Gasteiger partial charge on any atom is 0.219 e. The third kappa shape index (κ3) is 2.37. The number of halogens is 2. The van der Waals surface area contributed by atoms with Crippen molar-refractivity contribution in [3.05, 3.63) is 53.7 Å². The van der Waals surface area contributed by atoms with Gasteiger partial charge in [0.1, 0.15) is 11.8 Å². The molecule has 0 saturated heterocycles. The molecule has 5 heteroatoms. The van der Waals surface area contributed by atoms with E-state index in [1.54, 1.807) is 24.3 Å². The molecule has 1 aromatic carbocycles. The molecular formula is C12H6F2N2O. The van der Waals surface area contributed by atoms with Gasteiger partial charge in [0.25, 0.3) is 0 Å². The van der Waals surface area contributed by atoms with Crippen molar-refractivity contribution in [2.24, 2.45) is 0 Å². The fourth-order valence-electron chi connectivity index (χ4n) is 1.22. The van der Waals surface area contributed by atoms with Gasteiger partial charge in [-0.3, -0.25) is 0 Å². The van der Waals surface area contributed by atoms with E-state index in [4.69, 9.17) is 10.00 Å². The summed E-state index contributed by atoms with van der Waals surface area (Å²) < 4.78 is 31.1. The standard InChI is InChI=1S/C12H6F2N2O/c13-9-5-8(7-15)11(6-10(9)14)17-12-3-1-2-4-16-12/h1-6H. The van der Waals surface area contributed by atoms with Crippen molar-refractivity contribution in [1.29, 1.82) is 5.26 Å². The third-order valence-electron chi connectivity index (χ3n) is 2.00. The van der Waals surface area contributed by atoms with Gasteiger partial charge < -0.3 is 4.74 Å². The van der Waals surface area contributed by atoms with Gasteiger partial charge in [0.15, 0.2) is 11.6 Å². The van der Waals surface area contributed by atoms with Gasteiger partial charge in [0.05, 0.1) is 5.56 Å². The monoisotopic (exact) mass is 232 g/mol. The van der Waals surface area contributed by atoms with Crippen LogP contribution in [0.1, 0.15) is 5.56 Å². The molecule has 0 fully saturated rings. The number of rotatable bonds is 2. The number of pyridine rings is 1. The zero-order valence-corrected chi connectivity index (χ0v) is 8.52. The lowest BCUT2D eigenvalue weighted by Crippen LogP contribution is -1.94. The molecule has 0 saturated carbocycles. The van der Waals surface area contributed by atoms with E-state index in [0.29, 0.717) is 0 Å². The predicted octanol–water partition coefficient (Wildman–Crippen LogP) is 3.02. The number of nitriles is 1. The van der Waals surface area contributed by atoms with E-state index in [2.05, 4.69) is 4.98 Å². The molecule has 0 radical (unpaired) electrons. The summed E-state index contributed by atoms with van der Waals surface area (Å²) in [7, 11) is 0. The minimum Gasteiger partial charge on any atom is -0.438 e. The Bertz CT molecular complexity index is 579. The van der Waals surface area contributed by atoms with Crippen molar-refractivity contribution in [2.45, 2.75) is 0 Å². The lowest BCUT2D eigenvalue weighted by molar-refractivity contribution is 0.446. The van der Waals surface area contributed by atoms with Gasteiger partial charge in [-0.05, 0) is 12.1 Å². The van der Waals surface area contributed by atoms with Crippen LogP contribution >= 0.6 is 0 Å². The fourth-order valence-corrected chi connectivity index (χ4v) is 1.22. The van der Waals surface area contributed by atoms with Crippen molar-refractivity contribution in [3.8, 4) is 17.7 Å². The molecular weight excluding hydrogens is 226 g/mol. The van der Waals surface area contributed by atoms with Crippen LogP contribution in [0.4, 0.5) is 8.78 Å². The predicted molar refractivity (Wildman–Crippen MR) is 55.4 cm³/mol. The van der Waals surface area contributed by atoms with Gasteiger partial charge >= 0.3 is 0 Å². The highest BCUT2D eigenvalue weighted by atomic mass is 19.2. The van der Waals surface area contributed by atoms with Crippen LogP contribution < -0.4 is 4.74 Å². The number of hydrogen-bond donors (Lipinski definition) is 0. The van der Waals surface area contributed by atoms with Gasteiger partial charge in [-0.15, -0.1) is 0 Å². The van der Waals surface area contributed by atoms with Crippen molar-refractivity contribution < 1.29 is 13.5 Å². The first-order valence-corrected chi connectivity index (χ1v) is 4.69. The molecule has 84 valence electrons. The van der Waals surface area contributed by atoms with Gasteiger partial charge in [-0.2, -0.15) is 5.26 Å². The summed E-state index contributed by atoms with van der Waals surface area (Å²) in [5, 5.41) is 8.77. The van der Waals surface area contributed by atoms with Crippen molar-refractivity contribution >= 4 is 0 Å². The highest BCUT2D eigenvalue weighted by molar-refractivity contribution is 5.45. The highest BCUT2D eigenvalue weighted by Gasteiger charge is 2.11. The molecule has 0 aliphatic rings. The molecule has 1 heterocycles. The Morgan fingerprint density at radius 2 is 1.94 bits per heavy atom. The second kappa shape index (κ2) is 4.58. The summed E-state index contributed by atoms with van der Waals surface area (Å²) in [6.07, 6.45) is 1.49. The summed E-state index contributed by atoms with van der Waals surface area (Å²) in [5.41, 5.74) is -0.0884. The molecule has 0 bridgehead atoms. The Hall–Kier alpha value is -2.48. The first kappa shape index (κ1) is 11.0. The second-order valence-electron chi connectivity index (χ2n) is 3.14. The molecule has 0 aliphatic heterocycles. The van der Waals surface area contributed by atoms with E-state index in [1.807, 2.05) is 0 Å². The fraction of sp³-hybridized carbons (Fsp3) is 0. The van der Waals surface area contributed by atoms with Crippen LogP contribution in [0.2, 0.25) is 0 Å². The summed E-state index contributed by atoms with van der Waals surface area (Å²) in [5.74, 6) is -2.02. The zero-order valence-electron chi connectivity index (χ0n) is 8.52. The zero-order chi connectivity index (χ0) is 12.3. The molecule has 0 atom stereocenters. The molecule has 3 nitrogen and oxygen atoms in total. The highest BCUT2D eigenvalue weighted by Crippen LogP contribution is 2.25. The van der Waals surface area contributed by atoms with Crippen LogP contribution in [0.3, 0.4) is 0 Å². The van der Waals surface area contributed by atoms with E-state index in [0.717, 1.165) is 12.1 Å². The van der Waals surface area contributed by atoms with Crippen LogP contribution in [0, 0.1) is 23.0 Å². The average Bonchev–Trinajstić information content (AvgIpc) is 2.35.